The second-order valence-corrected chi connectivity index (χ2v) is 8.24. The minimum atomic E-state index is -4.64. The maximum absolute atomic E-state index is 13.3. The number of pyridine rings is 1. The van der Waals surface area contributed by atoms with Gasteiger partial charge in [-0.15, -0.1) is 0 Å². The first-order valence-corrected chi connectivity index (χ1v) is 10.5. The molecule has 0 spiro atoms. The molecule has 1 aromatic carbocycles. The minimum Gasteiger partial charge on any atom is -0.492 e. The molecule has 9 nitrogen and oxygen atoms in total. The van der Waals surface area contributed by atoms with Crippen LogP contribution in [0.5, 0.6) is 5.75 Å². The first-order valence-electron chi connectivity index (χ1n) is 10.5. The number of primary amides is 1. The SMILES string of the molecule is NC(=O)C1(COc2ccc(-c3ccc4ncc(-c5cnc(N)c(C(F)(F)F)c5)n4n3)cc2)COC1. The number of nitrogens with zero attached hydrogens (tertiary/aromatic N) is 4. The van der Waals surface area contributed by atoms with Gasteiger partial charge in [-0.2, -0.15) is 18.3 Å². The van der Waals surface area contributed by atoms with Crippen molar-refractivity contribution in [1.29, 1.82) is 0 Å². The predicted octanol–water partition coefficient (Wildman–Crippen LogP) is 2.94. The monoisotopic (exact) mass is 484 g/mol. The van der Waals surface area contributed by atoms with E-state index in [2.05, 4.69) is 15.1 Å². The van der Waals surface area contributed by atoms with Gasteiger partial charge in [-0.1, -0.05) is 0 Å². The number of carbonyl (C=O) groups excluding carboxylic acids is 1. The number of fused-ring (bicyclic) bond motifs is 1. The molecule has 3 aromatic heterocycles. The number of nitrogens with two attached hydrogens (primary N) is 2. The molecule has 0 aliphatic carbocycles. The second-order valence-electron chi connectivity index (χ2n) is 8.24. The number of nitrogen functional groups attached to an aromatic ring is 1. The summed E-state index contributed by atoms with van der Waals surface area (Å²) in [4.78, 5) is 19.6. The van der Waals surface area contributed by atoms with Crippen molar-refractivity contribution in [1.82, 2.24) is 19.6 Å². The van der Waals surface area contributed by atoms with Gasteiger partial charge in [0, 0.05) is 17.3 Å². The Kier molecular flexibility index (Phi) is 5.32. The van der Waals surface area contributed by atoms with E-state index in [0.29, 0.717) is 22.8 Å². The first kappa shape index (κ1) is 22.6. The fraction of sp³-hybridized carbons (Fsp3) is 0.217. The number of carbonyl (C=O) groups is 1. The zero-order valence-corrected chi connectivity index (χ0v) is 18.1. The molecule has 12 heteroatoms. The third kappa shape index (κ3) is 4.12. The van der Waals surface area contributed by atoms with Gasteiger partial charge in [-0.05, 0) is 42.5 Å². The van der Waals surface area contributed by atoms with Crippen LogP contribution in [0.2, 0.25) is 0 Å². The molecule has 1 amide bonds. The number of aromatic nitrogens is 4. The number of ether oxygens (including phenoxy) is 2. The number of amides is 1. The van der Waals surface area contributed by atoms with Crippen molar-refractivity contribution in [3.8, 4) is 28.3 Å². The average Bonchev–Trinajstić information content (AvgIpc) is 3.21. The van der Waals surface area contributed by atoms with E-state index in [0.717, 1.165) is 11.6 Å². The Labute approximate surface area is 196 Å². The van der Waals surface area contributed by atoms with Crippen molar-refractivity contribution in [3.05, 3.63) is 60.4 Å². The Bertz CT molecular complexity index is 1410. The maximum atomic E-state index is 13.3. The third-order valence-electron chi connectivity index (χ3n) is 5.83. The Hall–Kier alpha value is -4.19. The number of benzene rings is 1. The van der Waals surface area contributed by atoms with Crippen molar-refractivity contribution >= 4 is 17.4 Å². The highest BCUT2D eigenvalue weighted by atomic mass is 19.4. The van der Waals surface area contributed by atoms with Crippen LogP contribution in [0.15, 0.2) is 54.9 Å². The van der Waals surface area contributed by atoms with Gasteiger partial charge in [-0.25, -0.2) is 14.5 Å². The van der Waals surface area contributed by atoms with Gasteiger partial charge in [0.05, 0.1) is 36.4 Å². The summed E-state index contributed by atoms with van der Waals surface area (Å²) in [6.07, 6.45) is -1.96. The van der Waals surface area contributed by atoms with Crippen LogP contribution in [0.4, 0.5) is 19.0 Å². The molecule has 1 saturated heterocycles. The maximum Gasteiger partial charge on any atom is 0.419 e. The molecule has 1 aliphatic rings. The fourth-order valence-electron chi connectivity index (χ4n) is 3.66. The molecule has 4 aromatic rings. The third-order valence-corrected chi connectivity index (χ3v) is 5.83. The summed E-state index contributed by atoms with van der Waals surface area (Å²) >= 11 is 0. The molecule has 4 N–H and O–H groups in total. The first-order chi connectivity index (χ1) is 16.7. The van der Waals surface area contributed by atoms with Crippen LogP contribution < -0.4 is 16.2 Å². The molecule has 35 heavy (non-hydrogen) atoms. The lowest BCUT2D eigenvalue weighted by Gasteiger charge is -2.37. The Morgan fingerprint density at radius 2 is 1.83 bits per heavy atom. The van der Waals surface area contributed by atoms with Gasteiger partial charge < -0.3 is 20.9 Å². The largest absolute Gasteiger partial charge is 0.492 e. The van der Waals surface area contributed by atoms with E-state index >= 15 is 0 Å². The molecular weight excluding hydrogens is 465 g/mol. The lowest BCUT2D eigenvalue weighted by atomic mass is 9.86. The highest BCUT2D eigenvalue weighted by molar-refractivity contribution is 5.82. The second kappa shape index (κ2) is 8.24. The molecular formula is C23H19F3N6O3. The van der Waals surface area contributed by atoms with E-state index in [4.69, 9.17) is 20.9 Å². The van der Waals surface area contributed by atoms with Crippen LogP contribution in [0.3, 0.4) is 0 Å². The van der Waals surface area contributed by atoms with E-state index in [9.17, 15) is 18.0 Å². The van der Waals surface area contributed by atoms with Crippen LogP contribution in [0.25, 0.3) is 28.2 Å². The van der Waals surface area contributed by atoms with Crippen LogP contribution in [-0.4, -0.2) is 45.3 Å². The molecule has 180 valence electrons. The molecule has 1 fully saturated rings. The van der Waals surface area contributed by atoms with Gasteiger partial charge in [0.2, 0.25) is 5.91 Å². The van der Waals surface area contributed by atoms with Crippen LogP contribution in [-0.2, 0) is 15.7 Å². The van der Waals surface area contributed by atoms with Crippen LogP contribution >= 0.6 is 0 Å². The van der Waals surface area contributed by atoms with E-state index in [1.807, 2.05) is 0 Å². The van der Waals surface area contributed by atoms with Crippen molar-refractivity contribution in [3.63, 3.8) is 0 Å². The summed E-state index contributed by atoms with van der Waals surface area (Å²) in [6.45, 7) is 0.566. The number of imidazole rings is 1. The molecule has 5 rings (SSSR count). The summed E-state index contributed by atoms with van der Waals surface area (Å²) in [5.74, 6) is -0.524. The summed E-state index contributed by atoms with van der Waals surface area (Å²) in [5.41, 5.74) is 11.3. The number of alkyl halides is 3. The molecule has 0 unspecified atom stereocenters. The summed E-state index contributed by atoms with van der Waals surface area (Å²) < 4.78 is 52.1. The normalized spacial score (nSPS) is 15.1. The predicted molar refractivity (Wildman–Crippen MR) is 119 cm³/mol. The highest BCUT2D eigenvalue weighted by Crippen LogP contribution is 2.35. The summed E-state index contributed by atoms with van der Waals surface area (Å²) in [5, 5.41) is 4.55. The molecule has 4 heterocycles. The number of halogens is 3. The number of hydrogen-bond donors (Lipinski definition) is 2. The lowest BCUT2D eigenvalue weighted by Crippen LogP contribution is -2.56. The lowest BCUT2D eigenvalue weighted by molar-refractivity contribution is -0.164. The van der Waals surface area contributed by atoms with Gasteiger partial charge >= 0.3 is 6.18 Å². The van der Waals surface area contributed by atoms with Crippen LogP contribution in [0.1, 0.15) is 5.56 Å². The zero-order chi connectivity index (χ0) is 24.8. The van der Waals surface area contributed by atoms with E-state index in [1.54, 1.807) is 36.4 Å². The summed E-state index contributed by atoms with van der Waals surface area (Å²) in [6, 6.07) is 11.4. The average molecular weight is 484 g/mol. The number of anilines is 1. The zero-order valence-electron chi connectivity index (χ0n) is 18.1. The van der Waals surface area contributed by atoms with Crippen molar-refractivity contribution in [2.45, 2.75) is 6.18 Å². The Morgan fingerprint density at radius 3 is 2.46 bits per heavy atom. The van der Waals surface area contributed by atoms with Crippen LogP contribution in [0, 0.1) is 5.41 Å². The van der Waals surface area contributed by atoms with E-state index in [-0.39, 0.29) is 25.4 Å². The quantitative estimate of drug-likeness (QED) is 0.430. The smallest absolute Gasteiger partial charge is 0.419 e. The number of rotatable bonds is 6. The Morgan fingerprint density at radius 1 is 1.09 bits per heavy atom. The van der Waals surface area contributed by atoms with E-state index < -0.39 is 28.9 Å². The summed E-state index contributed by atoms with van der Waals surface area (Å²) in [7, 11) is 0. The molecule has 0 atom stereocenters. The topological polar surface area (TPSA) is 131 Å². The highest BCUT2D eigenvalue weighted by Gasteiger charge is 2.45. The van der Waals surface area contributed by atoms with E-state index in [1.165, 1.54) is 16.9 Å². The standard InChI is InChI=1S/C23H19F3N6O3/c24-23(25,26)16-7-14(8-30-20(16)27)18-9-29-19-6-5-17(31-32(18)19)13-1-3-15(4-2-13)35-12-22(21(28)33)10-34-11-22/h1-9H,10-12H2,(H2,27,30)(H2,28,33). The van der Waals surface area contributed by atoms with Gasteiger partial charge in [-0.3, -0.25) is 4.79 Å². The molecule has 0 saturated carbocycles. The Balaban J connectivity index is 1.42. The van der Waals surface area contributed by atoms with Gasteiger partial charge in [0.25, 0.3) is 0 Å². The molecule has 1 aliphatic heterocycles. The molecule has 0 radical (unpaired) electrons. The fourth-order valence-corrected chi connectivity index (χ4v) is 3.66. The minimum absolute atomic E-state index is 0.111. The van der Waals surface area contributed by atoms with Crippen molar-refractivity contribution in [2.75, 3.05) is 25.6 Å². The van der Waals surface area contributed by atoms with Gasteiger partial charge in [0.15, 0.2) is 5.65 Å². The van der Waals surface area contributed by atoms with Crippen molar-refractivity contribution in [2.24, 2.45) is 11.1 Å². The van der Waals surface area contributed by atoms with Gasteiger partial charge in [0.1, 0.15) is 23.6 Å². The number of hydrogen-bond acceptors (Lipinski definition) is 7. The van der Waals surface area contributed by atoms with Crippen molar-refractivity contribution < 1.29 is 27.4 Å². The molecule has 0 bridgehead atoms.